The molecule has 0 atom stereocenters. The van der Waals surface area contributed by atoms with Crippen LogP contribution in [0.5, 0.6) is 0 Å². The first-order valence-electron chi connectivity index (χ1n) is 5.13. The number of unbranched alkanes of at least 4 members (excludes halogenated alkanes) is 5. The molecule has 0 saturated heterocycles. The van der Waals surface area contributed by atoms with Gasteiger partial charge in [0.05, 0.1) is 0 Å². The third-order valence-electron chi connectivity index (χ3n) is 2.06. The molecular weight excluding hydrogens is 164 g/mol. The van der Waals surface area contributed by atoms with Gasteiger partial charge < -0.3 is 22.9 Å². The first-order chi connectivity index (χ1) is 6.06. The van der Waals surface area contributed by atoms with Crippen molar-refractivity contribution in [1.29, 1.82) is 0 Å². The summed E-state index contributed by atoms with van der Waals surface area (Å²) >= 11 is 0. The largest absolute Gasteiger partial charge is 0.330 e. The summed E-state index contributed by atoms with van der Waals surface area (Å²) in [7, 11) is 0. The Kier molecular flexibility index (Phi) is 7.17. The normalized spacial score (nSPS) is 12.0. The van der Waals surface area contributed by atoms with Gasteiger partial charge in [0.2, 0.25) is 0 Å². The van der Waals surface area contributed by atoms with Crippen molar-refractivity contribution >= 4 is 0 Å². The van der Waals surface area contributed by atoms with Crippen LogP contribution < -0.4 is 22.9 Å². The Bertz CT molecular complexity index is 109. The van der Waals surface area contributed by atoms with E-state index < -0.39 is 5.79 Å². The lowest BCUT2D eigenvalue weighted by Gasteiger charge is -2.17. The van der Waals surface area contributed by atoms with Gasteiger partial charge in [0.1, 0.15) is 5.79 Å². The van der Waals surface area contributed by atoms with Crippen molar-refractivity contribution < 1.29 is 0 Å². The Morgan fingerprint density at radius 3 is 1.62 bits per heavy atom. The lowest BCUT2D eigenvalue weighted by atomic mass is 10.1. The predicted octanol–water partition coefficient (Wildman–Crippen LogP) is 0.206. The summed E-state index contributed by atoms with van der Waals surface area (Å²) in [6.07, 6.45) is 7.73. The quantitative estimate of drug-likeness (QED) is 0.323. The van der Waals surface area contributed by atoms with Crippen molar-refractivity contribution in [2.75, 3.05) is 6.54 Å². The van der Waals surface area contributed by atoms with Crippen LogP contribution in [0.15, 0.2) is 0 Å². The molecule has 0 amide bonds. The summed E-state index contributed by atoms with van der Waals surface area (Å²) < 4.78 is 0. The molecule has 0 unspecified atom stereocenters. The summed E-state index contributed by atoms with van der Waals surface area (Å²) in [4.78, 5) is 0. The second-order valence-electron chi connectivity index (χ2n) is 3.77. The lowest BCUT2D eigenvalue weighted by molar-refractivity contribution is 0.400. The standard InChI is InChI=1S/C9H24N4/c10-8-6-4-2-1-3-5-7-9(11,12)13/h1-8,10-13H2. The second-order valence-corrected chi connectivity index (χ2v) is 3.77. The molecule has 0 aliphatic carbocycles. The highest BCUT2D eigenvalue weighted by molar-refractivity contribution is 4.66. The van der Waals surface area contributed by atoms with Gasteiger partial charge in [-0.1, -0.05) is 25.7 Å². The van der Waals surface area contributed by atoms with Gasteiger partial charge in [-0.15, -0.1) is 0 Å². The zero-order valence-electron chi connectivity index (χ0n) is 8.47. The summed E-state index contributed by atoms with van der Waals surface area (Å²) in [6, 6.07) is 0. The zero-order valence-corrected chi connectivity index (χ0v) is 8.47. The van der Waals surface area contributed by atoms with E-state index in [-0.39, 0.29) is 0 Å². The lowest BCUT2D eigenvalue weighted by Crippen LogP contribution is -2.57. The van der Waals surface area contributed by atoms with E-state index in [1.54, 1.807) is 0 Å². The smallest absolute Gasteiger partial charge is 0.115 e. The molecule has 0 heterocycles. The number of nitrogens with two attached hydrogens (primary N) is 4. The Hall–Kier alpha value is -0.160. The first-order valence-corrected chi connectivity index (χ1v) is 5.13. The van der Waals surface area contributed by atoms with E-state index in [9.17, 15) is 0 Å². The number of rotatable bonds is 8. The third kappa shape index (κ3) is 11.8. The van der Waals surface area contributed by atoms with Crippen molar-refractivity contribution in [2.45, 2.75) is 50.7 Å². The van der Waals surface area contributed by atoms with Crippen LogP contribution in [0.4, 0.5) is 0 Å². The maximum atomic E-state index is 5.44. The van der Waals surface area contributed by atoms with Crippen LogP contribution in [0.25, 0.3) is 0 Å². The molecule has 0 fully saturated rings. The highest BCUT2D eigenvalue weighted by Gasteiger charge is 2.09. The highest BCUT2D eigenvalue weighted by Crippen LogP contribution is 2.08. The molecule has 8 N–H and O–H groups in total. The maximum Gasteiger partial charge on any atom is 0.115 e. The van der Waals surface area contributed by atoms with Crippen LogP contribution in [0.3, 0.4) is 0 Å². The van der Waals surface area contributed by atoms with Crippen molar-refractivity contribution in [3.63, 3.8) is 0 Å². The van der Waals surface area contributed by atoms with Gasteiger partial charge in [-0.3, -0.25) is 0 Å². The Morgan fingerprint density at radius 1 is 0.692 bits per heavy atom. The third-order valence-corrected chi connectivity index (χ3v) is 2.06. The van der Waals surface area contributed by atoms with E-state index >= 15 is 0 Å². The monoisotopic (exact) mass is 188 g/mol. The molecule has 0 aromatic carbocycles. The molecule has 0 aromatic heterocycles. The molecule has 0 radical (unpaired) electrons. The Morgan fingerprint density at radius 2 is 1.15 bits per heavy atom. The van der Waals surface area contributed by atoms with Gasteiger partial charge in [0, 0.05) is 0 Å². The van der Waals surface area contributed by atoms with Gasteiger partial charge in [-0.05, 0) is 25.8 Å². The minimum Gasteiger partial charge on any atom is -0.330 e. The Balaban J connectivity index is 3.00. The first kappa shape index (κ1) is 12.8. The minimum atomic E-state index is -0.975. The van der Waals surface area contributed by atoms with E-state index in [1.165, 1.54) is 19.3 Å². The molecular formula is C9H24N4. The van der Waals surface area contributed by atoms with Crippen molar-refractivity contribution in [3.8, 4) is 0 Å². The molecule has 0 aromatic rings. The molecule has 0 aliphatic rings. The number of hydrogen-bond acceptors (Lipinski definition) is 4. The maximum absolute atomic E-state index is 5.44. The molecule has 4 heteroatoms. The van der Waals surface area contributed by atoms with E-state index in [0.29, 0.717) is 6.42 Å². The number of hydrogen-bond donors (Lipinski definition) is 4. The molecule has 0 aliphatic heterocycles. The average Bonchev–Trinajstić information content (AvgIpc) is 2.01. The van der Waals surface area contributed by atoms with Crippen LogP contribution in [-0.4, -0.2) is 12.3 Å². The highest BCUT2D eigenvalue weighted by atomic mass is 15.1. The molecule has 80 valence electrons. The average molecular weight is 188 g/mol. The summed E-state index contributed by atoms with van der Waals surface area (Å²) in [5.41, 5.74) is 21.7. The summed E-state index contributed by atoms with van der Waals surface area (Å²) in [5, 5.41) is 0. The molecule has 0 rings (SSSR count). The van der Waals surface area contributed by atoms with Crippen molar-refractivity contribution in [1.82, 2.24) is 0 Å². The van der Waals surface area contributed by atoms with Crippen molar-refractivity contribution in [3.05, 3.63) is 0 Å². The van der Waals surface area contributed by atoms with Crippen LogP contribution in [-0.2, 0) is 0 Å². The fraction of sp³-hybridized carbons (Fsp3) is 1.00. The summed E-state index contributed by atoms with van der Waals surface area (Å²) in [5.74, 6) is -0.975. The summed E-state index contributed by atoms with van der Waals surface area (Å²) in [6.45, 7) is 0.803. The van der Waals surface area contributed by atoms with E-state index in [0.717, 1.165) is 25.8 Å². The van der Waals surface area contributed by atoms with Gasteiger partial charge in [-0.2, -0.15) is 0 Å². The predicted molar refractivity (Wildman–Crippen MR) is 56.7 cm³/mol. The van der Waals surface area contributed by atoms with Gasteiger partial charge in [-0.25, -0.2) is 0 Å². The fourth-order valence-corrected chi connectivity index (χ4v) is 1.28. The van der Waals surface area contributed by atoms with Crippen LogP contribution >= 0.6 is 0 Å². The van der Waals surface area contributed by atoms with Gasteiger partial charge in [0.15, 0.2) is 0 Å². The van der Waals surface area contributed by atoms with Gasteiger partial charge >= 0.3 is 0 Å². The molecule has 13 heavy (non-hydrogen) atoms. The Labute approximate surface area is 81.0 Å². The van der Waals surface area contributed by atoms with Crippen LogP contribution in [0.2, 0.25) is 0 Å². The molecule has 0 saturated carbocycles. The zero-order chi connectivity index (χ0) is 10.2. The fourth-order valence-electron chi connectivity index (χ4n) is 1.28. The van der Waals surface area contributed by atoms with Crippen LogP contribution in [0, 0.1) is 0 Å². The molecule has 0 bridgehead atoms. The van der Waals surface area contributed by atoms with Gasteiger partial charge in [0.25, 0.3) is 0 Å². The van der Waals surface area contributed by atoms with E-state index in [4.69, 9.17) is 22.9 Å². The van der Waals surface area contributed by atoms with E-state index in [1.807, 2.05) is 0 Å². The SMILES string of the molecule is NCCCCCCCCC(N)(N)N. The van der Waals surface area contributed by atoms with Crippen molar-refractivity contribution in [2.24, 2.45) is 22.9 Å². The molecule has 0 spiro atoms. The minimum absolute atomic E-state index is 0.698. The van der Waals surface area contributed by atoms with E-state index in [2.05, 4.69) is 0 Å². The van der Waals surface area contributed by atoms with Crippen LogP contribution in [0.1, 0.15) is 44.9 Å². The molecule has 4 nitrogen and oxygen atoms in total. The topological polar surface area (TPSA) is 104 Å². The second kappa shape index (κ2) is 7.26.